The Balaban J connectivity index is 2.06. The molecule has 94 valence electrons. The Morgan fingerprint density at radius 1 is 1.20 bits per heavy atom. The van der Waals surface area contributed by atoms with Gasteiger partial charge in [-0.15, -0.1) is 11.3 Å². The van der Waals surface area contributed by atoms with Crippen molar-refractivity contribution in [3.63, 3.8) is 0 Å². The van der Waals surface area contributed by atoms with E-state index in [0.717, 1.165) is 4.88 Å². The molecule has 1 aromatic heterocycles. The molecule has 1 aliphatic rings. The molecule has 0 atom stereocenters. The lowest BCUT2D eigenvalue weighted by Crippen LogP contribution is -1.97. The highest BCUT2D eigenvalue weighted by Gasteiger charge is 2.31. The molecule has 1 aliphatic heterocycles. The van der Waals surface area contributed by atoms with Crippen LogP contribution < -0.4 is 14.0 Å². The van der Waals surface area contributed by atoms with Crippen LogP contribution in [-0.4, -0.2) is 21.9 Å². The highest BCUT2D eigenvalue weighted by molar-refractivity contribution is 7.10. The number of allylic oxidation sites excluding steroid dienone is 1. The van der Waals surface area contributed by atoms with Gasteiger partial charge in [0.2, 0.25) is 5.78 Å². The van der Waals surface area contributed by atoms with Gasteiger partial charge >= 0.3 is 16.1 Å². The molecule has 0 amide bonds. The number of fused-ring (bicyclic) bond motifs is 1. The predicted octanol–water partition coefficient (Wildman–Crippen LogP) is 2.29. The van der Waals surface area contributed by atoms with E-state index in [1.165, 1.54) is 17.4 Å². The zero-order valence-electron chi connectivity index (χ0n) is 10.2. The van der Waals surface area contributed by atoms with E-state index in [4.69, 9.17) is 25.5 Å². The summed E-state index contributed by atoms with van der Waals surface area (Å²) in [6, 6.07) is 6.82. The molecule has 3 rings (SSSR count). The summed E-state index contributed by atoms with van der Waals surface area (Å²) >= 11 is 1.50. The molecule has 7 heteroatoms. The summed E-state index contributed by atoms with van der Waals surface area (Å²) in [4.78, 5) is 13.1. The van der Waals surface area contributed by atoms with Gasteiger partial charge in [0, 0.05) is 11.0 Å². The van der Waals surface area contributed by atoms with E-state index < -0.39 is 0 Å². The first kappa shape index (κ1) is 12.9. The van der Waals surface area contributed by atoms with Crippen molar-refractivity contribution in [2.75, 3.05) is 0 Å². The van der Waals surface area contributed by atoms with Crippen LogP contribution in [-0.2, 0) is 0 Å². The Morgan fingerprint density at radius 2 is 2.05 bits per heavy atom. The van der Waals surface area contributed by atoms with E-state index in [-0.39, 0.29) is 28.8 Å². The maximum Gasteiger partial charge on any atom is 0.374 e. The molecule has 0 saturated carbocycles. The van der Waals surface area contributed by atoms with E-state index in [9.17, 15) is 4.79 Å². The molecule has 0 saturated heterocycles. The molecule has 20 heavy (non-hydrogen) atoms. The molecule has 2 aromatic rings. The molecule has 0 unspecified atom stereocenters. The third-order valence-electron chi connectivity index (χ3n) is 2.82. The first-order chi connectivity index (χ1) is 9.74. The molecule has 4 radical (unpaired) electrons. The molecule has 2 heterocycles. The largest absolute Gasteiger partial charge is 0.565 e. The summed E-state index contributed by atoms with van der Waals surface area (Å²) in [6.07, 6.45) is 1.66. The molecule has 0 N–H and O–H groups in total. The lowest BCUT2D eigenvalue weighted by atomic mass is 10.1. The Bertz CT molecular complexity index is 695. The van der Waals surface area contributed by atoms with Gasteiger partial charge in [-0.1, -0.05) is 6.07 Å². The topological polar surface area (TPSA) is 44.8 Å². The summed E-state index contributed by atoms with van der Waals surface area (Å²) in [5.74, 6) is 0.456. The number of carbonyl (C=O) groups excluding carboxylic acids is 1. The van der Waals surface area contributed by atoms with Gasteiger partial charge in [0.15, 0.2) is 17.3 Å². The molecule has 0 aliphatic carbocycles. The van der Waals surface area contributed by atoms with Crippen molar-refractivity contribution in [2.45, 2.75) is 0 Å². The van der Waals surface area contributed by atoms with Gasteiger partial charge in [0.05, 0.1) is 5.56 Å². The van der Waals surface area contributed by atoms with Crippen molar-refractivity contribution < 1.29 is 18.8 Å². The average Bonchev–Trinajstić information content (AvgIpc) is 3.07. The van der Waals surface area contributed by atoms with Crippen molar-refractivity contribution in [1.29, 1.82) is 0 Å². The Labute approximate surface area is 121 Å². The normalized spacial score (nSPS) is 15.0. The highest BCUT2D eigenvalue weighted by atomic mass is 32.1. The van der Waals surface area contributed by atoms with Gasteiger partial charge in [0.1, 0.15) is 5.75 Å². The number of benzene rings is 1. The van der Waals surface area contributed by atoms with E-state index >= 15 is 0 Å². The van der Waals surface area contributed by atoms with Crippen molar-refractivity contribution in [2.24, 2.45) is 0 Å². The summed E-state index contributed by atoms with van der Waals surface area (Å²) in [7, 11) is 10.3. The van der Waals surface area contributed by atoms with Crippen molar-refractivity contribution in [3.8, 4) is 17.2 Å². The van der Waals surface area contributed by atoms with Crippen LogP contribution in [0, 0.1) is 0 Å². The summed E-state index contributed by atoms with van der Waals surface area (Å²) < 4.78 is 14.9. The molecule has 4 nitrogen and oxygen atoms in total. The maximum atomic E-state index is 12.2. The Kier molecular flexibility index (Phi) is 3.28. The van der Waals surface area contributed by atoms with E-state index in [1.54, 1.807) is 12.1 Å². The van der Waals surface area contributed by atoms with Gasteiger partial charge in [0.25, 0.3) is 0 Å². The SMILES string of the molecule is [B]Oc1ccc2c(c1O[B])O/C(=C\c1cccs1)C2=O. The fraction of sp³-hybridized carbons (Fsp3) is 0. The second-order valence-corrected chi connectivity index (χ2v) is 4.94. The van der Waals surface area contributed by atoms with Crippen LogP contribution in [0.25, 0.3) is 6.08 Å². The molecule has 0 spiro atoms. The first-order valence-corrected chi connectivity index (χ1v) is 6.50. The third kappa shape index (κ3) is 2.00. The monoisotopic (exact) mass is 280 g/mol. The number of rotatable bonds is 3. The second-order valence-electron chi connectivity index (χ2n) is 3.96. The van der Waals surface area contributed by atoms with Crippen LogP contribution in [0.4, 0.5) is 0 Å². The van der Waals surface area contributed by atoms with Crippen LogP contribution in [0.3, 0.4) is 0 Å². The van der Waals surface area contributed by atoms with Gasteiger partial charge in [-0.05, 0) is 23.6 Å². The second kappa shape index (κ2) is 5.09. The zero-order chi connectivity index (χ0) is 14.1. The number of thiophene rings is 1. The molecular weight excluding hydrogens is 274 g/mol. The number of carbonyl (C=O) groups is 1. The molecule has 0 bridgehead atoms. The fourth-order valence-corrected chi connectivity index (χ4v) is 2.56. The minimum atomic E-state index is -0.240. The smallest absolute Gasteiger partial charge is 0.374 e. The average molecular weight is 280 g/mol. The van der Waals surface area contributed by atoms with Crippen LogP contribution in [0.2, 0.25) is 0 Å². The van der Waals surface area contributed by atoms with Crippen molar-refractivity contribution >= 4 is 39.3 Å². The van der Waals surface area contributed by atoms with Crippen LogP contribution in [0.15, 0.2) is 35.4 Å². The summed E-state index contributed by atoms with van der Waals surface area (Å²) in [5, 5.41) is 1.91. The summed E-state index contributed by atoms with van der Waals surface area (Å²) in [5.41, 5.74) is 0.356. The number of hydrogen-bond donors (Lipinski definition) is 0. The minimum Gasteiger partial charge on any atom is -0.565 e. The Morgan fingerprint density at radius 3 is 2.70 bits per heavy atom. The van der Waals surface area contributed by atoms with Crippen LogP contribution in [0.5, 0.6) is 17.2 Å². The highest BCUT2D eigenvalue weighted by Crippen LogP contribution is 2.45. The molecule has 1 aromatic carbocycles. The maximum absolute atomic E-state index is 12.2. The van der Waals surface area contributed by atoms with Gasteiger partial charge in [-0.25, -0.2) is 0 Å². The first-order valence-electron chi connectivity index (χ1n) is 5.63. The van der Waals surface area contributed by atoms with E-state index in [0.29, 0.717) is 5.56 Å². The third-order valence-corrected chi connectivity index (χ3v) is 3.64. The summed E-state index contributed by atoms with van der Waals surface area (Å²) in [6.45, 7) is 0. The number of Topliss-reactive ketones (excluding diaryl/α,β-unsaturated/α-hetero) is 1. The lowest BCUT2D eigenvalue weighted by Gasteiger charge is -2.11. The molecule has 0 fully saturated rings. The minimum absolute atomic E-state index is 0.0907. The van der Waals surface area contributed by atoms with Gasteiger partial charge in [-0.3, -0.25) is 4.79 Å². The number of ketones is 1. The van der Waals surface area contributed by atoms with Crippen LogP contribution in [0.1, 0.15) is 15.2 Å². The molecular formula is C13H6B2O4S. The van der Waals surface area contributed by atoms with Gasteiger partial charge < -0.3 is 14.0 Å². The quantitative estimate of drug-likeness (QED) is 0.639. The standard InChI is InChI=1S/C13H6B2O4S/c14-18-9-4-3-8-11(16)10(6-7-2-1-5-20-7)17-12(8)13(9)19-15/h1-6H/b10-6-. The number of hydrogen-bond acceptors (Lipinski definition) is 5. The zero-order valence-corrected chi connectivity index (χ0v) is 11.0. The van der Waals surface area contributed by atoms with E-state index in [1.807, 2.05) is 17.5 Å². The van der Waals surface area contributed by atoms with E-state index in [2.05, 4.69) is 4.65 Å². The van der Waals surface area contributed by atoms with Crippen molar-refractivity contribution in [1.82, 2.24) is 0 Å². The number of ether oxygens (including phenoxy) is 1. The van der Waals surface area contributed by atoms with Crippen molar-refractivity contribution in [3.05, 3.63) is 45.8 Å². The Hall–Kier alpha value is -2.14. The van der Waals surface area contributed by atoms with Crippen LogP contribution >= 0.6 is 11.3 Å². The van der Waals surface area contributed by atoms with Gasteiger partial charge in [-0.2, -0.15) is 0 Å². The fourth-order valence-electron chi connectivity index (χ4n) is 1.92. The lowest BCUT2D eigenvalue weighted by molar-refractivity contribution is 0.101. The predicted molar refractivity (Wildman–Crippen MR) is 76.5 cm³/mol.